The van der Waals surface area contributed by atoms with Gasteiger partial charge in [0.2, 0.25) is 0 Å². The molecular weight excluding hydrogens is 261 g/mol. The normalized spacial score (nSPS) is 9.85. The molecule has 0 atom stereocenters. The first kappa shape index (κ1) is 13.5. The van der Waals surface area contributed by atoms with Crippen molar-refractivity contribution in [3.8, 4) is 6.07 Å². The van der Waals surface area contributed by atoms with Gasteiger partial charge in [0.05, 0.1) is 10.6 Å². The Balaban J connectivity index is 2.41. The number of para-hydroxylation sites is 1. The maximum atomic E-state index is 13.7. The molecule has 0 aliphatic heterocycles. The average molecular weight is 271 g/mol. The van der Waals surface area contributed by atoms with Crippen LogP contribution < -0.4 is 5.32 Å². The van der Waals surface area contributed by atoms with Crippen molar-refractivity contribution in [2.45, 2.75) is 6.92 Å². The van der Waals surface area contributed by atoms with Crippen LogP contribution in [0.5, 0.6) is 0 Å². The zero-order chi connectivity index (χ0) is 14.7. The fraction of sp³-hybridized carbons (Fsp3) is 0.0714. The number of benzene rings is 2. The molecule has 100 valence electrons. The van der Waals surface area contributed by atoms with Gasteiger partial charge in [-0.2, -0.15) is 5.26 Å². The average Bonchev–Trinajstić information content (AvgIpc) is 2.42. The Morgan fingerprint density at radius 1 is 1.35 bits per heavy atom. The highest BCUT2D eigenvalue weighted by Gasteiger charge is 2.14. The number of rotatable bonds is 3. The van der Waals surface area contributed by atoms with Crippen molar-refractivity contribution in [3.05, 3.63) is 63.5 Å². The van der Waals surface area contributed by atoms with Crippen molar-refractivity contribution in [1.29, 1.82) is 5.26 Å². The lowest BCUT2D eigenvalue weighted by Crippen LogP contribution is -1.98. The molecule has 0 spiro atoms. The van der Waals surface area contributed by atoms with Gasteiger partial charge in [-0.3, -0.25) is 10.1 Å². The molecule has 6 heteroatoms. The second-order valence-electron chi connectivity index (χ2n) is 4.16. The maximum absolute atomic E-state index is 13.7. The van der Waals surface area contributed by atoms with Crippen LogP contribution in [0.4, 0.5) is 21.5 Å². The van der Waals surface area contributed by atoms with Crippen LogP contribution in [-0.2, 0) is 0 Å². The Morgan fingerprint density at radius 3 is 2.70 bits per heavy atom. The molecule has 5 nitrogen and oxygen atoms in total. The number of nitro groups is 1. The van der Waals surface area contributed by atoms with Crippen molar-refractivity contribution in [3.63, 3.8) is 0 Å². The Hall–Kier alpha value is -2.94. The van der Waals surface area contributed by atoms with Gasteiger partial charge in [0.25, 0.3) is 5.69 Å². The summed E-state index contributed by atoms with van der Waals surface area (Å²) in [5.74, 6) is -0.429. The van der Waals surface area contributed by atoms with E-state index in [-0.39, 0.29) is 16.9 Å². The molecule has 0 amide bonds. The van der Waals surface area contributed by atoms with E-state index < -0.39 is 10.7 Å². The summed E-state index contributed by atoms with van der Waals surface area (Å²) in [5.41, 5.74) is 1.05. The van der Waals surface area contributed by atoms with Crippen LogP contribution in [0, 0.1) is 34.2 Å². The van der Waals surface area contributed by atoms with Gasteiger partial charge >= 0.3 is 0 Å². The van der Waals surface area contributed by atoms with E-state index in [0.29, 0.717) is 11.3 Å². The summed E-state index contributed by atoms with van der Waals surface area (Å²) in [6.07, 6.45) is 0. The lowest BCUT2D eigenvalue weighted by atomic mass is 10.1. The quantitative estimate of drug-likeness (QED) is 0.682. The molecule has 0 saturated heterocycles. The van der Waals surface area contributed by atoms with E-state index in [0.717, 1.165) is 0 Å². The highest BCUT2D eigenvalue weighted by Crippen LogP contribution is 2.27. The minimum atomic E-state index is -0.628. The first-order chi connectivity index (χ1) is 9.52. The van der Waals surface area contributed by atoms with Crippen molar-refractivity contribution in [2.24, 2.45) is 0 Å². The Labute approximate surface area is 114 Å². The van der Waals surface area contributed by atoms with E-state index in [1.165, 1.54) is 24.3 Å². The van der Waals surface area contributed by atoms with Gasteiger partial charge in [-0.1, -0.05) is 12.1 Å². The fourth-order valence-corrected chi connectivity index (χ4v) is 1.80. The summed E-state index contributed by atoms with van der Waals surface area (Å²) in [4.78, 5) is 10.1. The zero-order valence-corrected chi connectivity index (χ0v) is 10.6. The van der Waals surface area contributed by atoms with Crippen molar-refractivity contribution < 1.29 is 9.31 Å². The second kappa shape index (κ2) is 5.36. The molecular formula is C14H10FN3O2. The highest BCUT2D eigenvalue weighted by atomic mass is 19.1. The van der Waals surface area contributed by atoms with Crippen LogP contribution in [0.2, 0.25) is 0 Å². The van der Waals surface area contributed by atoms with Gasteiger partial charge in [0.1, 0.15) is 17.4 Å². The van der Waals surface area contributed by atoms with Gasteiger partial charge < -0.3 is 5.32 Å². The lowest BCUT2D eigenvalue weighted by Gasteiger charge is -2.10. The number of hydrogen-bond donors (Lipinski definition) is 1. The third-order valence-electron chi connectivity index (χ3n) is 2.80. The van der Waals surface area contributed by atoms with E-state index >= 15 is 0 Å². The number of hydrogen-bond acceptors (Lipinski definition) is 4. The van der Waals surface area contributed by atoms with Crippen LogP contribution in [-0.4, -0.2) is 4.92 Å². The number of nitrogens with one attached hydrogen (secondary N) is 1. The van der Waals surface area contributed by atoms with Gasteiger partial charge in [0, 0.05) is 11.8 Å². The van der Waals surface area contributed by atoms with Crippen molar-refractivity contribution in [2.75, 3.05) is 5.32 Å². The molecule has 0 aliphatic carbocycles. The van der Waals surface area contributed by atoms with Gasteiger partial charge in [0.15, 0.2) is 0 Å². The van der Waals surface area contributed by atoms with Crippen LogP contribution in [0.1, 0.15) is 11.1 Å². The molecule has 0 bridgehead atoms. The third-order valence-corrected chi connectivity index (χ3v) is 2.80. The summed E-state index contributed by atoms with van der Waals surface area (Å²) in [5, 5.41) is 22.5. The minimum absolute atomic E-state index is 0.0750. The number of halogens is 1. The first-order valence-electron chi connectivity index (χ1n) is 5.73. The molecule has 0 fully saturated rings. The zero-order valence-electron chi connectivity index (χ0n) is 10.6. The predicted molar refractivity (Wildman–Crippen MR) is 72.2 cm³/mol. The molecule has 2 aromatic rings. The molecule has 2 rings (SSSR count). The molecule has 0 radical (unpaired) electrons. The molecule has 1 N–H and O–H groups in total. The summed E-state index contributed by atoms with van der Waals surface area (Å²) in [7, 11) is 0. The monoisotopic (exact) mass is 271 g/mol. The largest absolute Gasteiger partial charge is 0.353 e. The SMILES string of the molecule is Cc1cccc(F)c1Nc1ccc([N+](=O)[O-])c(C#N)c1. The summed E-state index contributed by atoms with van der Waals surface area (Å²) in [6, 6.07) is 10.4. The van der Waals surface area contributed by atoms with E-state index in [4.69, 9.17) is 5.26 Å². The van der Waals surface area contributed by atoms with Crippen molar-refractivity contribution >= 4 is 17.1 Å². The Kier molecular flexibility index (Phi) is 3.62. The summed E-state index contributed by atoms with van der Waals surface area (Å²) in [6.45, 7) is 1.74. The van der Waals surface area contributed by atoms with Gasteiger partial charge in [-0.25, -0.2) is 4.39 Å². The smallest absolute Gasteiger partial charge is 0.287 e. The number of nitro benzene ring substituents is 1. The molecule has 0 unspecified atom stereocenters. The van der Waals surface area contributed by atoms with Crippen LogP contribution in [0.15, 0.2) is 36.4 Å². The topological polar surface area (TPSA) is 79.0 Å². The maximum Gasteiger partial charge on any atom is 0.287 e. The standard InChI is InChI=1S/C14H10FN3O2/c1-9-3-2-4-12(15)14(9)17-11-5-6-13(18(19)20)10(7-11)8-16/h2-7,17H,1H3. The fourth-order valence-electron chi connectivity index (χ4n) is 1.80. The molecule has 0 heterocycles. The number of nitrogens with zero attached hydrogens (tertiary/aromatic N) is 2. The summed E-state index contributed by atoms with van der Waals surface area (Å²) < 4.78 is 13.7. The van der Waals surface area contributed by atoms with E-state index in [1.807, 2.05) is 0 Å². The lowest BCUT2D eigenvalue weighted by molar-refractivity contribution is -0.385. The molecule has 0 aromatic heterocycles. The number of aryl methyl sites for hydroxylation is 1. The first-order valence-corrected chi connectivity index (χ1v) is 5.73. The number of anilines is 2. The predicted octanol–water partition coefficient (Wildman–Crippen LogP) is 3.66. The minimum Gasteiger partial charge on any atom is -0.353 e. The Morgan fingerprint density at radius 2 is 2.10 bits per heavy atom. The third kappa shape index (κ3) is 2.57. The van der Waals surface area contributed by atoms with E-state index in [9.17, 15) is 14.5 Å². The van der Waals surface area contributed by atoms with Crippen LogP contribution in [0.25, 0.3) is 0 Å². The van der Waals surface area contributed by atoms with E-state index in [1.54, 1.807) is 25.1 Å². The molecule has 0 saturated carbocycles. The molecule has 0 aliphatic rings. The Bertz CT molecular complexity index is 703. The molecule has 2 aromatic carbocycles. The van der Waals surface area contributed by atoms with Gasteiger partial charge in [-0.05, 0) is 30.7 Å². The summed E-state index contributed by atoms with van der Waals surface area (Å²) >= 11 is 0. The number of nitriles is 1. The van der Waals surface area contributed by atoms with Crippen LogP contribution in [0.3, 0.4) is 0 Å². The van der Waals surface area contributed by atoms with Gasteiger partial charge in [-0.15, -0.1) is 0 Å². The van der Waals surface area contributed by atoms with E-state index in [2.05, 4.69) is 5.32 Å². The van der Waals surface area contributed by atoms with Crippen LogP contribution >= 0.6 is 0 Å². The second-order valence-corrected chi connectivity index (χ2v) is 4.16. The molecule has 20 heavy (non-hydrogen) atoms. The highest BCUT2D eigenvalue weighted by molar-refractivity contribution is 5.67. The van der Waals surface area contributed by atoms with Crippen molar-refractivity contribution in [1.82, 2.24) is 0 Å².